The van der Waals surface area contributed by atoms with E-state index in [0.717, 1.165) is 29.4 Å². The van der Waals surface area contributed by atoms with Crippen molar-refractivity contribution in [2.75, 3.05) is 34.5 Å². The van der Waals surface area contributed by atoms with Crippen molar-refractivity contribution in [3.8, 4) is 23.0 Å². The Kier molecular flexibility index (Phi) is 12.7. The molecular formula is C24H36IN3O4. The van der Waals surface area contributed by atoms with E-state index in [9.17, 15) is 0 Å². The van der Waals surface area contributed by atoms with Crippen LogP contribution in [0.4, 0.5) is 0 Å². The van der Waals surface area contributed by atoms with E-state index in [1.807, 2.05) is 31.2 Å². The summed E-state index contributed by atoms with van der Waals surface area (Å²) in [5.41, 5.74) is 2.08. The number of rotatable bonds is 11. The van der Waals surface area contributed by atoms with Gasteiger partial charge in [0.15, 0.2) is 17.5 Å². The smallest absolute Gasteiger partial charge is 0.203 e. The van der Waals surface area contributed by atoms with E-state index in [1.54, 1.807) is 21.3 Å². The average molecular weight is 557 g/mol. The molecule has 0 aliphatic carbocycles. The number of guanidine groups is 1. The number of halogens is 1. The molecule has 0 radical (unpaired) electrons. The van der Waals surface area contributed by atoms with Gasteiger partial charge in [-0.1, -0.05) is 26.0 Å². The Morgan fingerprint density at radius 3 is 2.19 bits per heavy atom. The second kappa shape index (κ2) is 14.7. The number of methoxy groups -OCH3 is 3. The predicted molar refractivity (Wildman–Crippen MR) is 140 cm³/mol. The van der Waals surface area contributed by atoms with Gasteiger partial charge in [0.25, 0.3) is 0 Å². The number of ether oxygens (including phenoxy) is 4. The van der Waals surface area contributed by atoms with Crippen LogP contribution in [0.3, 0.4) is 0 Å². The van der Waals surface area contributed by atoms with Crippen molar-refractivity contribution in [1.29, 1.82) is 0 Å². The summed E-state index contributed by atoms with van der Waals surface area (Å²) in [4.78, 5) is 4.70. The monoisotopic (exact) mass is 557 g/mol. The number of nitrogens with zero attached hydrogens (tertiary/aromatic N) is 1. The van der Waals surface area contributed by atoms with Gasteiger partial charge in [-0.25, -0.2) is 4.99 Å². The normalized spacial score (nSPS) is 10.9. The number of benzene rings is 2. The molecule has 8 heteroatoms. The molecule has 0 saturated heterocycles. The van der Waals surface area contributed by atoms with E-state index in [1.165, 1.54) is 0 Å². The van der Waals surface area contributed by atoms with E-state index in [0.29, 0.717) is 42.9 Å². The fourth-order valence-electron chi connectivity index (χ4n) is 2.93. The number of hydrogen-bond donors (Lipinski definition) is 2. The first-order valence-electron chi connectivity index (χ1n) is 10.5. The first-order chi connectivity index (χ1) is 15.0. The summed E-state index contributed by atoms with van der Waals surface area (Å²) >= 11 is 0. The summed E-state index contributed by atoms with van der Waals surface area (Å²) in [6, 6.07) is 11.9. The molecule has 0 atom stereocenters. The molecule has 32 heavy (non-hydrogen) atoms. The summed E-state index contributed by atoms with van der Waals surface area (Å²) in [6.07, 6.45) is 0. The Labute approximate surface area is 208 Å². The van der Waals surface area contributed by atoms with Crippen LogP contribution in [-0.4, -0.2) is 40.4 Å². The molecule has 7 nitrogen and oxygen atoms in total. The summed E-state index contributed by atoms with van der Waals surface area (Å²) in [5, 5.41) is 6.65. The van der Waals surface area contributed by atoms with Gasteiger partial charge in [-0.05, 0) is 48.2 Å². The molecule has 0 spiro atoms. The summed E-state index contributed by atoms with van der Waals surface area (Å²) < 4.78 is 22.1. The Morgan fingerprint density at radius 1 is 0.938 bits per heavy atom. The number of hydrogen-bond acceptors (Lipinski definition) is 5. The highest BCUT2D eigenvalue weighted by molar-refractivity contribution is 14.0. The summed E-state index contributed by atoms with van der Waals surface area (Å²) in [5.74, 6) is 3.90. The van der Waals surface area contributed by atoms with Crippen molar-refractivity contribution in [1.82, 2.24) is 10.6 Å². The van der Waals surface area contributed by atoms with Crippen molar-refractivity contribution >= 4 is 29.9 Å². The molecule has 2 N–H and O–H groups in total. The Bertz CT molecular complexity index is 834. The van der Waals surface area contributed by atoms with Crippen LogP contribution in [-0.2, 0) is 13.1 Å². The van der Waals surface area contributed by atoms with Crippen LogP contribution < -0.4 is 29.6 Å². The molecule has 0 amide bonds. The second-order valence-electron chi connectivity index (χ2n) is 7.43. The molecule has 0 aliphatic heterocycles. The third-order valence-corrected chi connectivity index (χ3v) is 4.43. The van der Waals surface area contributed by atoms with E-state index in [4.69, 9.17) is 23.9 Å². The molecule has 2 aromatic rings. The first-order valence-corrected chi connectivity index (χ1v) is 10.5. The predicted octanol–water partition coefficient (Wildman–Crippen LogP) is 4.62. The highest BCUT2D eigenvalue weighted by Gasteiger charge is 2.13. The van der Waals surface area contributed by atoms with Gasteiger partial charge in [-0.2, -0.15) is 0 Å². The van der Waals surface area contributed by atoms with Crippen molar-refractivity contribution in [2.45, 2.75) is 33.9 Å². The quantitative estimate of drug-likeness (QED) is 0.239. The molecule has 2 rings (SSSR count). The van der Waals surface area contributed by atoms with E-state index < -0.39 is 0 Å². The zero-order chi connectivity index (χ0) is 22.6. The largest absolute Gasteiger partial charge is 0.493 e. The zero-order valence-electron chi connectivity index (χ0n) is 19.9. The van der Waals surface area contributed by atoms with Gasteiger partial charge >= 0.3 is 0 Å². The van der Waals surface area contributed by atoms with E-state index in [2.05, 4.69) is 36.6 Å². The van der Waals surface area contributed by atoms with E-state index >= 15 is 0 Å². The van der Waals surface area contributed by atoms with Crippen LogP contribution >= 0.6 is 24.0 Å². The van der Waals surface area contributed by atoms with Crippen LogP contribution in [0, 0.1) is 5.92 Å². The molecule has 2 aromatic carbocycles. The summed E-state index contributed by atoms with van der Waals surface area (Å²) in [7, 11) is 4.80. The van der Waals surface area contributed by atoms with Crippen LogP contribution in [0.1, 0.15) is 31.9 Å². The van der Waals surface area contributed by atoms with Crippen LogP contribution in [0.2, 0.25) is 0 Å². The second-order valence-corrected chi connectivity index (χ2v) is 7.43. The third kappa shape index (κ3) is 8.64. The average Bonchev–Trinajstić information content (AvgIpc) is 2.78. The van der Waals surface area contributed by atoms with Gasteiger partial charge in [0.1, 0.15) is 5.75 Å². The lowest BCUT2D eigenvalue weighted by molar-refractivity contribution is 0.271. The molecule has 0 heterocycles. The molecule has 0 unspecified atom stereocenters. The minimum atomic E-state index is 0. The molecule has 0 aromatic heterocycles. The van der Waals surface area contributed by atoms with Gasteiger partial charge < -0.3 is 29.6 Å². The van der Waals surface area contributed by atoms with E-state index in [-0.39, 0.29) is 24.0 Å². The van der Waals surface area contributed by atoms with Crippen molar-refractivity contribution in [3.63, 3.8) is 0 Å². The Morgan fingerprint density at radius 2 is 1.62 bits per heavy atom. The molecule has 0 aliphatic rings. The van der Waals surface area contributed by atoms with Crippen LogP contribution in [0.15, 0.2) is 41.4 Å². The maximum absolute atomic E-state index is 5.82. The molecule has 178 valence electrons. The van der Waals surface area contributed by atoms with Gasteiger partial charge in [0, 0.05) is 13.1 Å². The first kappa shape index (κ1) is 27.7. The fourth-order valence-corrected chi connectivity index (χ4v) is 2.93. The van der Waals surface area contributed by atoms with Crippen LogP contribution in [0.5, 0.6) is 23.0 Å². The Balaban J connectivity index is 0.00000512. The van der Waals surface area contributed by atoms with Gasteiger partial charge in [-0.15, -0.1) is 24.0 Å². The number of nitrogens with one attached hydrogen (secondary N) is 2. The minimum absolute atomic E-state index is 0. The third-order valence-electron chi connectivity index (χ3n) is 4.43. The maximum Gasteiger partial charge on any atom is 0.203 e. The van der Waals surface area contributed by atoms with Crippen LogP contribution in [0.25, 0.3) is 0 Å². The maximum atomic E-state index is 5.82. The Hall–Kier alpha value is -2.36. The molecule has 0 saturated carbocycles. The minimum Gasteiger partial charge on any atom is -0.493 e. The standard InChI is InChI=1S/C24H35N3O4.HI/c1-7-25-24(26-14-18-9-8-10-20(11-18)31-16-17(2)3)27-15-19-12-21(28-4)23(30-6)22(13-19)29-5;/h8-13,17H,7,14-16H2,1-6H3,(H2,25,26,27);1H. The zero-order valence-corrected chi connectivity index (χ0v) is 22.2. The highest BCUT2D eigenvalue weighted by atomic mass is 127. The SMILES string of the molecule is CCNC(=NCc1cc(OC)c(OC)c(OC)c1)NCc1cccc(OCC(C)C)c1.I. The fraction of sp³-hybridized carbons (Fsp3) is 0.458. The van der Waals surface area contributed by atoms with Crippen molar-refractivity contribution in [2.24, 2.45) is 10.9 Å². The lowest BCUT2D eigenvalue weighted by atomic mass is 10.2. The molecule has 0 bridgehead atoms. The number of aliphatic imine (C=N–C) groups is 1. The van der Waals surface area contributed by atoms with Crippen molar-refractivity contribution in [3.05, 3.63) is 47.5 Å². The van der Waals surface area contributed by atoms with Crippen molar-refractivity contribution < 1.29 is 18.9 Å². The molecule has 0 fully saturated rings. The topological polar surface area (TPSA) is 73.3 Å². The van der Waals surface area contributed by atoms with Gasteiger partial charge in [0.05, 0.1) is 34.5 Å². The van der Waals surface area contributed by atoms with Gasteiger partial charge in [0.2, 0.25) is 5.75 Å². The lowest BCUT2D eigenvalue weighted by Crippen LogP contribution is -2.36. The lowest BCUT2D eigenvalue weighted by Gasteiger charge is -2.15. The van der Waals surface area contributed by atoms with Gasteiger partial charge in [-0.3, -0.25) is 0 Å². The summed E-state index contributed by atoms with van der Waals surface area (Å²) in [6.45, 7) is 8.88. The highest BCUT2D eigenvalue weighted by Crippen LogP contribution is 2.38. The molecular weight excluding hydrogens is 521 g/mol.